The number of hydrogen-bond donors (Lipinski definition) is 2. The summed E-state index contributed by atoms with van der Waals surface area (Å²) < 4.78 is 40.3. The number of pyridine rings is 2. The van der Waals surface area contributed by atoms with Gasteiger partial charge in [-0.05, 0) is 67.7 Å². The lowest BCUT2D eigenvalue weighted by molar-refractivity contribution is -0.149. The second kappa shape index (κ2) is 17.4. The van der Waals surface area contributed by atoms with Crippen molar-refractivity contribution < 1.29 is 37.1 Å². The number of piperidine rings is 1. The molecule has 4 fully saturated rings. The number of nitrogens with one attached hydrogen (secondary N) is 2. The Hall–Kier alpha value is -5.83. The largest absolute Gasteiger partial charge is 0.497 e. The highest BCUT2D eigenvalue weighted by molar-refractivity contribution is 7.91. The lowest BCUT2D eigenvalue weighted by Gasteiger charge is -2.39. The van der Waals surface area contributed by atoms with Gasteiger partial charge in [0.2, 0.25) is 27.7 Å². The molecule has 2 saturated heterocycles. The molecular weight excluding hydrogens is 821 g/mol. The van der Waals surface area contributed by atoms with E-state index in [9.17, 15) is 22.8 Å². The summed E-state index contributed by atoms with van der Waals surface area (Å²) >= 11 is 0. The number of carbonyl (C=O) groups excluding carboxylic acids is 4. The Morgan fingerprint density at radius 2 is 1.78 bits per heavy atom. The molecule has 4 aromatic rings. The summed E-state index contributed by atoms with van der Waals surface area (Å²) in [5, 5.41) is 2.94. The molecular formula is C48H56N6O8S. The number of hydrogen-bond acceptors (Lipinski definition) is 10. The first-order chi connectivity index (χ1) is 30.1. The smallest absolute Gasteiger partial charge is 0.259 e. The first-order valence-electron chi connectivity index (χ1n) is 21.8. The third-order valence-electron chi connectivity index (χ3n) is 13.1. The second-order valence-electron chi connectivity index (χ2n) is 18.4. The molecule has 2 N–H and O–H groups in total. The number of methoxy groups -OCH3 is 1. The van der Waals surface area contributed by atoms with E-state index in [0.717, 1.165) is 30.4 Å². The van der Waals surface area contributed by atoms with Crippen LogP contribution in [0.15, 0.2) is 91.8 Å². The van der Waals surface area contributed by atoms with Gasteiger partial charge < -0.3 is 24.6 Å². The maximum atomic E-state index is 15.2. The molecule has 2 aliphatic heterocycles. The van der Waals surface area contributed by atoms with Gasteiger partial charge in [-0.25, -0.2) is 13.4 Å². The van der Waals surface area contributed by atoms with E-state index in [4.69, 9.17) is 14.5 Å². The predicted octanol–water partition coefficient (Wildman–Crippen LogP) is 6.13. The van der Waals surface area contributed by atoms with E-state index in [-0.39, 0.29) is 37.8 Å². The molecule has 2 aromatic heterocycles. The fourth-order valence-electron chi connectivity index (χ4n) is 9.14. The zero-order chi connectivity index (χ0) is 44.7. The Balaban J connectivity index is 1.12. The van der Waals surface area contributed by atoms with Crippen molar-refractivity contribution in [2.45, 2.75) is 101 Å². The van der Waals surface area contributed by atoms with Crippen molar-refractivity contribution in [3.63, 3.8) is 0 Å². The molecule has 0 bridgehead atoms. The highest BCUT2D eigenvalue weighted by Crippen LogP contribution is 2.46. The van der Waals surface area contributed by atoms with E-state index in [1.807, 2.05) is 92.4 Å². The van der Waals surface area contributed by atoms with Crippen LogP contribution in [0.1, 0.15) is 83.7 Å². The van der Waals surface area contributed by atoms with Crippen LogP contribution in [0, 0.1) is 17.3 Å². The number of aromatic nitrogens is 2. The van der Waals surface area contributed by atoms with Crippen LogP contribution in [0.5, 0.6) is 11.5 Å². The zero-order valence-corrected chi connectivity index (χ0v) is 37.1. The van der Waals surface area contributed by atoms with Gasteiger partial charge in [-0.15, -0.1) is 6.58 Å². The van der Waals surface area contributed by atoms with Crippen molar-refractivity contribution in [1.29, 1.82) is 0 Å². The van der Waals surface area contributed by atoms with Gasteiger partial charge in [0, 0.05) is 60.8 Å². The summed E-state index contributed by atoms with van der Waals surface area (Å²) in [4.78, 5) is 70.7. The van der Waals surface area contributed by atoms with E-state index in [1.165, 1.54) is 11.0 Å². The molecule has 4 aliphatic rings. The van der Waals surface area contributed by atoms with Crippen LogP contribution in [-0.4, -0.2) is 94.9 Å². The molecule has 2 saturated carbocycles. The van der Waals surface area contributed by atoms with Gasteiger partial charge >= 0.3 is 0 Å². The molecule has 63 heavy (non-hydrogen) atoms. The number of sulfonamides is 1. The van der Waals surface area contributed by atoms with E-state index >= 15 is 4.79 Å². The lowest BCUT2D eigenvalue weighted by Crippen LogP contribution is -2.57. The molecule has 2 aromatic carbocycles. The van der Waals surface area contributed by atoms with Gasteiger partial charge in [-0.1, -0.05) is 63.2 Å². The number of nitrogens with zero attached hydrogens (tertiary/aromatic N) is 4. The summed E-state index contributed by atoms with van der Waals surface area (Å²) in [6.07, 6.45) is 7.93. The van der Waals surface area contributed by atoms with E-state index in [2.05, 4.69) is 21.6 Å². The number of ether oxygens (including phenoxy) is 2. The van der Waals surface area contributed by atoms with Crippen LogP contribution in [0.3, 0.4) is 0 Å². The van der Waals surface area contributed by atoms with Gasteiger partial charge in [0.25, 0.3) is 5.91 Å². The first kappa shape index (κ1) is 43.8. The maximum Gasteiger partial charge on any atom is 0.259 e. The predicted molar refractivity (Wildman–Crippen MR) is 238 cm³/mol. The quantitative estimate of drug-likeness (QED) is 0.140. The minimum absolute atomic E-state index is 0.000494. The first-order valence-corrected chi connectivity index (χ1v) is 23.4. The summed E-state index contributed by atoms with van der Waals surface area (Å²) in [5.74, 6) is -2.26. The SMILES string of the molecule is C=C[C@@H]1C[C@]1(NC(=O)[C@@H]1C[C@@H](Oc2cc(-c3ccccc3)nc3cc(OC)ccc23)CN1C(=O)C(CC(=O)N1CCCCC1c1cccnc1)C(C)(C)C)C(=O)NS(=O)(=O)C1CC1. The number of likely N-dealkylation sites (tertiary alicyclic amines) is 2. The molecule has 2 unspecified atom stereocenters. The monoisotopic (exact) mass is 876 g/mol. The summed E-state index contributed by atoms with van der Waals surface area (Å²) in [6, 6.07) is 19.5. The average Bonchev–Trinajstić information content (AvgIpc) is 4.22. The topological polar surface area (TPSA) is 177 Å². The Labute approximate surface area is 368 Å². The van der Waals surface area contributed by atoms with Crippen LogP contribution in [0.25, 0.3) is 22.2 Å². The minimum Gasteiger partial charge on any atom is -0.497 e. The van der Waals surface area contributed by atoms with E-state index < -0.39 is 67.9 Å². The van der Waals surface area contributed by atoms with Crippen LogP contribution < -0.4 is 19.5 Å². The fraction of sp³-hybridized carbons (Fsp3) is 0.458. The summed E-state index contributed by atoms with van der Waals surface area (Å²) in [7, 11) is -2.34. The number of amides is 4. The third-order valence-corrected chi connectivity index (χ3v) is 14.9. The number of benzene rings is 2. The number of fused-ring (bicyclic) bond motifs is 1. The molecule has 4 heterocycles. The number of rotatable bonds is 14. The van der Waals surface area contributed by atoms with Gasteiger partial charge in [0.05, 0.1) is 42.1 Å². The molecule has 14 nitrogen and oxygen atoms in total. The Morgan fingerprint density at radius 3 is 2.44 bits per heavy atom. The lowest BCUT2D eigenvalue weighted by atomic mass is 9.77. The van der Waals surface area contributed by atoms with Crippen LogP contribution in [0.4, 0.5) is 0 Å². The molecule has 8 rings (SSSR count). The van der Waals surface area contributed by atoms with Crippen LogP contribution in [0.2, 0.25) is 0 Å². The van der Waals surface area contributed by atoms with Crippen molar-refractivity contribution >= 4 is 44.6 Å². The van der Waals surface area contributed by atoms with Crippen molar-refractivity contribution in [3.05, 3.63) is 97.3 Å². The van der Waals surface area contributed by atoms with Crippen molar-refractivity contribution in [1.82, 2.24) is 29.8 Å². The Morgan fingerprint density at radius 1 is 1.00 bits per heavy atom. The second-order valence-corrected chi connectivity index (χ2v) is 20.4. The molecule has 332 valence electrons. The van der Waals surface area contributed by atoms with E-state index in [1.54, 1.807) is 19.5 Å². The standard InChI is InChI=1S/C48H56N6O8S/c1-6-32-27-48(32,46(58)52-63(59,60)35-18-19-35)51-44(56)41-24-34(62-42-26-38(30-13-8-7-9-14-30)50-39-23-33(61-5)17-20-36(39)42)29-54(41)45(57)37(47(2,3)4)25-43(55)53-22-11-10-16-40(53)31-15-12-21-49-28-31/h6-9,12-15,17,20-21,23,26,28,32,34-35,37,40-41H,1,10-11,16,18-19,22,24-25,27,29H2,2-5H3,(H,51,56)(H,52,58)/t32-,34-,37?,40?,41+,48-/m1/s1. The normalized spacial score (nSPS) is 24.0. The highest BCUT2D eigenvalue weighted by Gasteiger charge is 2.62. The van der Waals surface area contributed by atoms with Gasteiger partial charge in [0.15, 0.2) is 0 Å². The molecule has 6 atom stereocenters. The summed E-state index contributed by atoms with van der Waals surface area (Å²) in [5.41, 5.74) is 0.808. The molecule has 0 spiro atoms. The van der Waals surface area contributed by atoms with Crippen molar-refractivity contribution in [3.8, 4) is 22.8 Å². The van der Waals surface area contributed by atoms with E-state index in [0.29, 0.717) is 47.5 Å². The van der Waals surface area contributed by atoms with Gasteiger partial charge in [-0.2, -0.15) is 0 Å². The molecule has 15 heteroatoms. The average molecular weight is 877 g/mol. The van der Waals surface area contributed by atoms with Crippen molar-refractivity contribution in [2.75, 3.05) is 20.2 Å². The Bertz CT molecular complexity index is 2510. The summed E-state index contributed by atoms with van der Waals surface area (Å²) in [6.45, 7) is 10.1. The minimum atomic E-state index is -3.92. The van der Waals surface area contributed by atoms with Crippen molar-refractivity contribution in [2.24, 2.45) is 17.3 Å². The number of carbonyl (C=O) groups is 4. The zero-order valence-electron chi connectivity index (χ0n) is 36.3. The van der Waals surface area contributed by atoms with Gasteiger partial charge in [-0.3, -0.25) is 28.9 Å². The molecule has 0 radical (unpaired) electrons. The maximum absolute atomic E-state index is 15.2. The highest BCUT2D eigenvalue weighted by atomic mass is 32.2. The van der Waals surface area contributed by atoms with Gasteiger partial charge in [0.1, 0.15) is 29.2 Å². The molecule has 2 aliphatic carbocycles. The third kappa shape index (κ3) is 9.16. The Kier molecular flexibility index (Phi) is 12.1. The van der Waals surface area contributed by atoms with Crippen LogP contribution >= 0.6 is 0 Å². The fourth-order valence-corrected chi connectivity index (χ4v) is 10.5. The molecule has 4 amide bonds. The van der Waals surface area contributed by atoms with Crippen LogP contribution in [-0.2, 0) is 29.2 Å².